The summed E-state index contributed by atoms with van der Waals surface area (Å²) in [5, 5.41) is 0. The van der Waals surface area contributed by atoms with Crippen molar-refractivity contribution in [3.05, 3.63) is 35.4 Å². The number of ether oxygens (including phenoxy) is 1. The Labute approximate surface area is 103 Å². The topological polar surface area (TPSA) is 26.3 Å². The molecule has 0 aliphatic heterocycles. The smallest absolute Gasteiger partial charge is 0.316 e. The third-order valence-corrected chi connectivity index (χ3v) is 4.13. The largest absolute Gasteiger partial charge is 0.468 e. The zero-order valence-electron chi connectivity index (χ0n) is 11.0. The predicted molar refractivity (Wildman–Crippen MR) is 67.9 cm³/mol. The van der Waals surface area contributed by atoms with E-state index in [1.54, 1.807) is 0 Å². The zero-order valence-corrected chi connectivity index (χ0v) is 11.0. The van der Waals surface area contributed by atoms with Gasteiger partial charge in [-0.2, -0.15) is 0 Å². The van der Waals surface area contributed by atoms with Crippen LogP contribution in [0, 0.1) is 5.41 Å². The minimum absolute atomic E-state index is 0.00776. The van der Waals surface area contributed by atoms with E-state index in [0.29, 0.717) is 0 Å². The summed E-state index contributed by atoms with van der Waals surface area (Å²) in [5.41, 5.74) is 1.97. The van der Waals surface area contributed by atoms with Gasteiger partial charge in [-0.1, -0.05) is 45.0 Å². The Morgan fingerprint density at radius 2 is 1.82 bits per heavy atom. The van der Waals surface area contributed by atoms with Gasteiger partial charge in [0.05, 0.1) is 12.5 Å². The van der Waals surface area contributed by atoms with E-state index >= 15 is 0 Å². The van der Waals surface area contributed by atoms with Crippen LogP contribution >= 0.6 is 0 Å². The number of carbonyl (C=O) groups excluding carboxylic acids is 1. The predicted octanol–water partition coefficient (Wildman–Crippen LogP) is 3.09. The highest BCUT2D eigenvalue weighted by Gasteiger charge is 2.68. The summed E-state index contributed by atoms with van der Waals surface area (Å²) in [6.45, 7) is 6.38. The molecule has 1 aromatic carbocycles. The summed E-state index contributed by atoms with van der Waals surface area (Å²) in [6.07, 6.45) is 1.90. The molecule has 0 amide bonds. The van der Waals surface area contributed by atoms with E-state index in [1.165, 1.54) is 12.7 Å². The molecule has 1 unspecified atom stereocenters. The number of benzene rings is 1. The lowest BCUT2D eigenvalue weighted by Gasteiger charge is -2.18. The molecule has 0 bridgehead atoms. The lowest BCUT2D eigenvalue weighted by molar-refractivity contribution is -0.144. The first kappa shape index (κ1) is 12.2. The van der Waals surface area contributed by atoms with Gasteiger partial charge in [0.2, 0.25) is 0 Å². The van der Waals surface area contributed by atoms with Gasteiger partial charge < -0.3 is 4.74 Å². The Morgan fingerprint density at radius 1 is 1.29 bits per heavy atom. The number of aryl methyl sites for hydroxylation is 1. The molecule has 1 saturated carbocycles. The fourth-order valence-electron chi connectivity index (χ4n) is 2.78. The highest BCUT2D eigenvalue weighted by Crippen LogP contribution is 2.64. The van der Waals surface area contributed by atoms with E-state index < -0.39 is 5.41 Å². The molecule has 0 radical (unpaired) electrons. The minimum atomic E-state index is -0.423. The Morgan fingerprint density at radius 3 is 2.18 bits per heavy atom. The van der Waals surface area contributed by atoms with Crippen molar-refractivity contribution < 1.29 is 9.53 Å². The Bertz CT molecular complexity index is 431. The number of esters is 1. The third-order valence-electron chi connectivity index (χ3n) is 4.13. The maximum absolute atomic E-state index is 12.0. The van der Waals surface area contributed by atoms with Crippen molar-refractivity contribution in [1.29, 1.82) is 0 Å². The zero-order chi connectivity index (χ0) is 12.7. The first-order chi connectivity index (χ1) is 7.98. The number of hydrogen-bond acceptors (Lipinski definition) is 2. The summed E-state index contributed by atoms with van der Waals surface area (Å²) in [6, 6.07) is 8.36. The maximum atomic E-state index is 12.0. The van der Waals surface area contributed by atoms with E-state index in [9.17, 15) is 4.79 Å². The average Bonchev–Trinajstić information content (AvgIpc) is 2.93. The Hall–Kier alpha value is -1.31. The molecule has 0 saturated heterocycles. The van der Waals surface area contributed by atoms with Crippen LogP contribution in [0.2, 0.25) is 0 Å². The molecule has 0 aromatic heterocycles. The first-order valence-electron chi connectivity index (χ1n) is 6.16. The van der Waals surface area contributed by atoms with Crippen LogP contribution in [-0.4, -0.2) is 13.1 Å². The highest BCUT2D eigenvalue weighted by molar-refractivity contribution is 5.88. The second kappa shape index (κ2) is 3.86. The lowest BCUT2D eigenvalue weighted by Crippen LogP contribution is -2.27. The number of hydrogen-bond donors (Lipinski definition) is 0. The Kier molecular flexibility index (Phi) is 2.76. The molecule has 1 atom stereocenters. The van der Waals surface area contributed by atoms with E-state index in [0.717, 1.165) is 18.4 Å². The summed E-state index contributed by atoms with van der Waals surface area (Å²) in [5.74, 6) is -0.105. The molecular weight excluding hydrogens is 212 g/mol. The van der Waals surface area contributed by atoms with Crippen LogP contribution in [0.25, 0.3) is 0 Å². The molecule has 1 fully saturated rings. The molecule has 1 aliphatic carbocycles. The van der Waals surface area contributed by atoms with E-state index in [1.807, 2.05) is 0 Å². The van der Waals surface area contributed by atoms with Gasteiger partial charge in [-0.15, -0.1) is 0 Å². The summed E-state index contributed by atoms with van der Waals surface area (Å²) < 4.78 is 4.99. The molecule has 2 nitrogen and oxygen atoms in total. The van der Waals surface area contributed by atoms with E-state index in [2.05, 4.69) is 45.0 Å². The quantitative estimate of drug-likeness (QED) is 0.749. The fraction of sp³-hybridized carbons (Fsp3) is 0.533. The normalized spacial score (nSPS) is 25.4. The second-order valence-electron chi connectivity index (χ2n) is 5.51. The minimum Gasteiger partial charge on any atom is -0.468 e. The van der Waals surface area contributed by atoms with Crippen molar-refractivity contribution in [2.24, 2.45) is 5.41 Å². The molecule has 92 valence electrons. The van der Waals surface area contributed by atoms with E-state index in [4.69, 9.17) is 4.74 Å². The highest BCUT2D eigenvalue weighted by atomic mass is 16.5. The third kappa shape index (κ3) is 1.67. The molecule has 1 aromatic rings. The van der Waals surface area contributed by atoms with Crippen LogP contribution in [0.4, 0.5) is 0 Å². The van der Waals surface area contributed by atoms with Crippen LogP contribution in [-0.2, 0) is 21.4 Å². The van der Waals surface area contributed by atoms with Gasteiger partial charge in [0.15, 0.2) is 0 Å². The van der Waals surface area contributed by atoms with Gasteiger partial charge in [-0.05, 0) is 29.4 Å². The van der Waals surface area contributed by atoms with Gasteiger partial charge in [0.25, 0.3) is 0 Å². The standard InChI is InChI=1S/C15H20O2/c1-5-11-6-8-12(9-7-11)15(13(16)17-4)10-14(15,2)3/h6-9H,5,10H2,1-4H3. The van der Waals surface area contributed by atoms with Crippen molar-refractivity contribution in [3.63, 3.8) is 0 Å². The summed E-state index contributed by atoms with van der Waals surface area (Å²) in [7, 11) is 1.47. The van der Waals surface area contributed by atoms with Crippen molar-refractivity contribution in [2.45, 2.75) is 39.0 Å². The maximum Gasteiger partial charge on any atom is 0.316 e. The molecule has 17 heavy (non-hydrogen) atoms. The van der Waals surface area contributed by atoms with Crippen LogP contribution in [0.1, 0.15) is 38.3 Å². The van der Waals surface area contributed by atoms with Crippen molar-refractivity contribution in [1.82, 2.24) is 0 Å². The van der Waals surface area contributed by atoms with Crippen LogP contribution < -0.4 is 0 Å². The van der Waals surface area contributed by atoms with Crippen molar-refractivity contribution in [2.75, 3.05) is 7.11 Å². The fourth-order valence-corrected chi connectivity index (χ4v) is 2.78. The monoisotopic (exact) mass is 232 g/mol. The molecule has 0 heterocycles. The molecule has 2 rings (SSSR count). The summed E-state index contributed by atoms with van der Waals surface area (Å²) >= 11 is 0. The van der Waals surface area contributed by atoms with Gasteiger partial charge in [0, 0.05) is 0 Å². The molecule has 0 spiro atoms. The first-order valence-corrected chi connectivity index (χ1v) is 6.16. The molecule has 0 N–H and O–H groups in total. The SMILES string of the molecule is CCc1ccc(C2(C(=O)OC)CC2(C)C)cc1. The number of carbonyl (C=O) groups is 1. The van der Waals surface area contributed by atoms with Crippen molar-refractivity contribution >= 4 is 5.97 Å². The van der Waals surface area contributed by atoms with Gasteiger partial charge in [-0.25, -0.2) is 0 Å². The van der Waals surface area contributed by atoms with Crippen LogP contribution in [0.5, 0.6) is 0 Å². The molecular formula is C15H20O2. The van der Waals surface area contributed by atoms with Crippen LogP contribution in [0.3, 0.4) is 0 Å². The number of rotatable bonds is 3. The lowest BCUT2D eigenvalue weighted by atomic mass is 9.87. The molecule has 2 heteroatoms. The molecule has 1 aliphatic rings. The van der Waals surface area contributed by atoms with Crippen molar-refractivity contribution in [3.8, 4) is 0 Å². The summed E-state index contributed by atoms with van der Waals surface area (Å²) in [4.78, 5) is 12.0. The number of methoxy groups -OCH3 is 1. The van der Waals surface area contributed by atoms with Gasteiger partial charge in [0.1, 0.15) is 0 Å². The average molecular weight is 232 g/mol. The van der Waals surface area contributed by atoms with Gasteiger partial charge >= 0.3 is 5.97 Å². The second-order valence-corrected chi connectivity index (χ2v) is 5.51. The van der Waals surface area contributed by atoms with E-state index in [-0.39, 0.29) is 11.4 Å². The van der Waals surface area contributed by atoms with Gasteiger partial charge in [-0.3, -0.25) is 4.79 Å². The van der Waals surface area contributed by atoms with Crippen LogP contribution in [0.15, 0.2) is 24.3 Å². The Balaban J connectivity index is 2.39.